The molecule has 0 radical (unpaired) electrons. The molecule has 21 heavy (non-hydrogen) atoms. The van der Waals surface area contributed by atoms with Crippen LogP contribution in [0, 0.1) is 16.0 Å². The number of nitro benzene ring substituents is 1. The summed E-state index contributed by atoms with van der Waals surface area (Å²) in [4.78, 5) is 9.95. The predicted octanol–water partition coefficient (Wildman–Crippen LogP) is 1.61. The van der Waals surface area contributed by atoms with Gasteiger partial charge in [-0.1, -0.05) is 11.6 Å². The van der Waals surface area contributed by atoms with Crippen LogP contribution in [0.1, 0.15) is 12.8 Å². The summed E-state index contributed by atoms with van der Waals surface area (Å²) in [7, 11) is -3.73. The largest absolute Gasteiger partial charge is 0.330 e. The number of non-ortho nitro benzene ring substituents is 1. The fourth-order valence-corrected chi connectivity index (χ4v) is 4.32. The number of hydrogen-bond acceptors (Lipinski definition) is 5. The molecule has 0 aromatic heterocycles. The highest BCUT2D eigenvalue weighted by atomic mass is 35.5. The number of nitrogens with zero attached hydrogens (tertiary/aromatic N) is 2. The summed E-state index contributed by atoms with van der Waals surface area (Å²) in [5.41, 5.74) is 5.35. The monoisotopic (exact) mass is 333 g/mol. The van der Waals surface area contributed by atoms with E-state index in [4.69, 9.17) is 17.3 Å². The number of sulfonamides is 1. The van der Waals surface area contributed by atoms with Crippen molar-refractivity contribution < 1.29 is 13.3 Å². The Morgan fingerprint density at radius 3 is 2.48 bits per heavy atom. The topological polar surface area (TPSA) is 107 Å². The Labute approximate surface area is 127 Å². The minimum Gasteiger partial charge on any atom is -0.330 e. The smallest absolute Gasteiger partial charge is 0.271 e. The van der Waals surface area contributed by atoms with Crippen molar-refractivity contribution in [2.24, 2.45) is 11.7 Å². The van der Waals surface area contributed by atoms with Crippen molar-refractivity contribution in [3.8, 4) is 0 Å². The lowest BCUT2D eigenvalue weighted by Crippen LogP contribution is -2.40. The molecule has 0 atom stereocenters. The van der Waals surface area contributed by atoms with Crippen LogP contribution in [-0.2, 0) is 10.0 Å². The van der Waals surface area contributed by atoms with Crippen LogP contribution in [0.5, 0.6) is 0 Å². The Bertz CT molecular complexity index is 642. The highest BCUT2D eigenvalue weighted by Crippen LogP contribution is 2.30. The van der Waals surface area contributed by atoms with Gasteiger partial charge in [-0.15, -0.1) is 0 Å². The van der Waals surface area contributed by atoms with Crippen LogP contribution in [0.2, 0.25) is 5.02 Å². The Morgan fingerprint density at radius 2 is 2.00 bits per heavy atom. The maximum absolute atomic E-state index is 12.5. The fraction of sp³-hybridized carbons (Fsp3) is 0.500. The molecule has 0 aliphatic carbocycles. The standard InChI is InChI=1S/C12H16ClN3O4S/c13-11-7-10(16(17)18)1-2-12(11)21(19,20)15-5-3-9(8-14)4-6-15/h1-2,7,9H,3-6,8,14H2. The summed E-state index contributed by atoms with van der Waals surface area (Å²) < 4.78 is 26.4. The number of piperidine rings is 1. The molecule has 0 bridgehead atoms. The van der Waals surface area contributed by atoms with Gasteiger partial charge in [-0.3, -0.25) is 10.1 Å². The van der Waals surface area contributed by atoms with Gasteiger partial charge in [0.15, 0.2) is 0 Å². The quantitative estimate of drug-likeness (QED) is 0.665. The second-order valence-corrected chi connectivity index (χ2v) is 7.27. The van der Waals surface area contributed by atoms with Gasteiger partial charge in [-0.05, 0) is 31.4 Å². The Morgan fingerprint density at radius 1 is 1.38 bits per heavy atom. The van der Waals surface area contributed by atoms with Gasteiger partial charge in [0.05, 0.1) is 9.95 Å². The zero-order chi connectivity index (χ0) is 15.6. The van der Waals surface area contributed by atoms with Crippen molar-refractivity contribution in [3.63, 3.8) is 0 Å². The average molecular weight is 334 g/mol. The number of hydrogen-bond donors (Lipinski definition) is 1. The first-order chi connectivity index (χ1) is 9.86. The Hall–Kier alpha value is -1.22. The molecule has 7 nitrogen and oxygen atoms in total. The molecule has 9 heteroatoms. The zero-order valence-electron chi connectivity index (χ0n) is 11.2. The lowest BCUT2D eigenvalue weighted by Gasteiger charge is -2.30. The number of benzene rings is 1. The van der Waals surface area contributed by atoms with Gasteiger partial charge >= 0.3 is 0 Å². The summed E-state index contributed by atoms with van der Waals surface area (Å²) in [5, 5.41) is 10.5. The number of nitrogens with two attached hydrogens (primary N) is 1. The molecule has 1 fully saturated rings. The van der Waals surface area contributed by atoms with Crippen molar-refractivity contribution in [1.82, 2.24) is 4.31 Å². The Balaban J connectivity index is 2.26. The van der Waals surface area contributed by atoms with Crippen LogP contribution in [0.3, 0.4) is 0 Å². The molecule has 1 aromatic carbocycles. The van der Waals surface area contributed by atoms with E-state index < -0.39 is 14.9 Å². The van der Waals surface area contributed by atoms with Crippen LogP contribution < -0.4 is 5.73 Å². The third kappa shape index (κ3) is 3.34. The van der Waals surface area contributed by atoms with Crippen molar-refractivity contribution in [2.75, 3.05) is 19.6 Å². The third-order valence-corrected chi connectivity index (χ3v) is 6.03. The SMILES string of the molecule is NCC1CCN(S(=O)(=O)c2ccc([N+](=O)[O-])cc2Cl)CC1. The molecule has 1 aliphatic rings. The molecule has 0 spiro atoms. The molecule has 2 rings (SSSR count). The molecular formula is C12H16ClN3O4S. The molecular weight excluding hydrogens is 318 g/mol. The first-order valence-electron chi connectivity index (χ1n) is 6.50. The van der Waals surface area contributed by atoms with E-state index >= 15 is 0 Å². The number of rotatable bonds is 4. The van der Waals surface area contributed by atoms with E-state index in [0.29, 0.717) is 38.4 Å². The van der Waals surface area contributed by atoms with Crippen LogP contribution in [0.25, 0.3) is 0 Å². The van der Waals surface area contributed by atoms with E-state index in [1.807, 2.05) is 0 Å². The molecule has 1 aromatic rings. The van der Waals surface area contributed by atoms with E-state index in [0.717, 1.165) is 12.1 Å². The van der Waals surface area contributed by atoms with Gasteiger partial charge in [0, 0.05) is 25.2 Å². The fourth-order valence-electron chi connectivity index (χ4n) is 2.34. The van der Waals surface area contributed by atoms with Gasteiger partial charge in [-0.2, -0.15) is 4.31 Å². The molecule has 116 valence electrons. The first kappa shape index (κ1) is 16.2. The highest BCUT2D eigenvalue weighted by Gasteiger charge is 2.31. The van der Waals surface area contributed by atoms with Gasteiger partial charge in [0.25, 0.3) is 5.69 Å². The maximum atomic E-state index is 12.5. The molecule has 0 amide bonds. The van der Waals surface area contributed by atoms with Crippen LogP contribution in [0.4, 0.5) is 5.69 Å². The van der Waals surface area contributed by atoms with Crippen molar-refractivity contribution in [1.29, 1.82) is 0 Å². The van der Waals surface area contributed by atoms with Gasteiger partial charge in [0.2, 0.25) is 10.0 Å². The van der Waals surface area contributed by atoms with Crippen LogP contribution in [0.15, 0.2) is 23.1 Å². The number of halogens is 1. The van der Waals surface area contributed by atoms with Crippen LogP contribution in [-0.4, -0.2) is 37.3 Å². The average Bonchev–Trinajstić information content (AvgIpc) is 2.46. The zero-order valence-corrected chi connectivity index (χ0v) is 12.8. The summed E-state index contributed by atoms with van der Waals surface area (Å²) in [6.45, 7) is 1.32. The predicted molar refractivity (Wildman–Crippen MR) is 78.6 cm³/mol. The van der Waals surface area contributed by atoms with E-state index in [1.54, 1.807) is 0 Å². The minimum absolute atomic E-state index is 0.0963. The molecule has 0 saturated carbocycles. The third-order valence-electron chi connectivity index (χ3n) is 3.65. The Kier molecular flexibility index (Phi) is 4.82. The summed E-state index contributed by atoms with van der Waals surface area (Å²) in [6, 6.07) is 3.39. The first-order valence-corrected chi connectivity index (χ1v) is 8.32. The molecule has 1 heterocycles. The lowest BCUT2D eigenvalue weighted by atomic mass is 9.99. The van der Waals surface area contributed by atoms with Crippen molar-refractivity contribution >= 4 is 27.3 Å². The summed E-state index contributed by atoms with van der Waals surface area (Å²) in [5.74, 6) is 0.337. The van der Waals surface area contributed by atoms with Crippen molar-refractivity contribution in [3.05, 3.63) is 33.3 Å². The van der Waals surface area contributed by atoms with E-state index in [1.165, 1.54) is 10.4 Å². The molecule has 2 N–H and O–H groups in total. The highest BCUT2D eigenvalue weighted by molar-refractivity contribution is 7.89. The molecule has 0 unspecified atom stereocenters. The van der Waals surface area contributed by atoms with E-state index in [9.17, 15) is 18.5 Å². The normalized spacial score (nSPS) is 17.8. The van der Waals surface area contributed by atoms with E-state index in [2.05, 4.69) is 0 Å². The van der Waals surface area contributed by atoms with Crippen molar-refractivity contribution in [2.45, 2.75) is 17.7 Å². The van der Waals surface area contributed by atoms with E-state index in [-0.39, 0.29) is 15.6 Å². The lowest BCUT2D eigenvalue weighted by molar-refractivity contribution is -0.384. The second kappa shape index (κ2) is 6.27. The minimum atomic E-state index is -3.73. The molecule has 1 saturated heterocycles. The maximum Gasteiger partial charge on any atom is 0.271 e. The number of nitro groups is 1. The summed E-state index contributed by atoms with van der Waals surface area (Å²) in [6.07, 6.45) is 1.42. The summed E-state index contributed by atoms with van der Waals surface area (Å²) >= 11 is 5.90. The second-order valence-electron chi connectivity index (χ2n) is 4.95. The van der Waals surface area contributed by atoms with Gasteiger partial charge in [0.1, 0.15) is 4.90 Å². The van der Waals surface area contributed by atoms with Gasteiger partial charge in [-0.25, -0.2) is 8.42 Å². The molecule has 1 aliphatic heterocycles. The van der Waals surface area contributed by atoms with Gasteiger partial charge < -0.3 is 5.73 Å². The van der Waals surface area contributed by atoms with Crippen LogP contribution >= 0.6 is 11.6 Å².